The summed E-state index contributed by atoms with van der Waals surface area (Å²) in [6.45, 7) is 9.61. The first kappa shape index (κ1) is 61.3. The Hall–Kier alpha value is -7.75. The quantitative estimate of drug-likeness (QED) is 0.0189. The molecular weight excluding hydrogens is 1090 g/mol. The molecule has 0 radical (unpaired) electrons. The maximum atomic E-state index is 14.2. The van der Waals surface area contributed by atoms with E-state index in [0.717, 1.165) is 5.56 Å². The molecule has 8 atom stereocenters. The number of anilines is 1. The van der Waals surface area contributed by atoms with Crippen LogP contribution in [0.4, 0.5) is 5.69 Å². The van der Waals surface area contributed by atoms with Crippen molar-refractivity contribution >= 4 is 64.8 Å². The number of aromatic carboxylic acids is 1. The van der Waals surface area contributed by atoms with Crippen LogP contribution in [0.15, 0.2) is 102 Å². The zero-order chi connectivity index (χ0) is 59.9. The predicted octanol–water partition coefficient (Wildman–Crippen LogP) is 7.28. The number of Topliss-reactive ketones (excluding diaryl/α,β-unsaturated/α-hetero) is 1. The molecule has 3 fully saturated rings. The second-order valence-corrected chi connectivity index (χ2v) is 23.5. The van der Waals surface area contributed by atoms with Gasteiger partial charge in [0, 0.05) is 52.4 Å². The average Bonchev–Trinajstić information content (AvgIpc) is 1.75. The molecule has 83 heavy (non-hydrogen) atoms. The van der Waals surface area contributed by atoms with E-state index in [-0.39, 0.29) is 66.7 Å². The van der Waals surface area contributed by atoms with Gasteiger partial charge in [0.15, 0.2) is 11.5 Å². The van der Waals surface area contributed by atoms with Gasteiger partial charge in [-0.2, -0.15) is 0 Å². The Kier molecular flexibility index (Phi) is 19.7. The Labute approximate surface area is 486 Å². The summed E-state index contributed by atoms with van der Waals surface area (Å²) >= 11 is 1.30. The summed E-state index contributed by atoms with van der Waals surface area (Å²) in [5, 5.41) is 35.8. The highest BCUT2D eigenvalue weighted by Gasteiger charge is 2.60. The molecule has 0 aliphatic carbocycles. The minimum Gasteiger partial charge on any atom is -0.493 e. The smallest absolute Gasteiger partial charge is 0.353 e. The molecule has 5 N–H and O–H groups in total. The van der Waals surface area contributed by atoms with Crippen molar-refractivity contribution in [2.45, 2.75) is 122 Å². The van der Waals surface area contributed by atoms with Crippen LogP contribution in [0.25, 0.3) is 0 Å². The molecule has 21 heteroatoms. The third-order valence-corrected chi connectivity index (χ3v) is 17.7. The number of hydrogen-bond donors (Lipinski definition) is 5. The molecule has 4 aliphatic rings. The second-order valence-electron chi connectivity index (χ2n) is 22.2. The van der Waals surface area contributed by atoms with E-state index in [1.165, 1.54) is 46.7 Å². The van der Waals surface area contributed by atoms with Crippen molar-refractivity contribution < 1.29 is 72.6 Å². The molecule has 4 aromatic rings. The van der Waals surface area contributed by atoms with Gasteiger partial charge in [-0.05, 0) is 123 Å². The summed E-state index contributed by atoms with van der Waals surface area (Å²) in [4.78, 5) is 112. The normalized spacial score (nSPS) is 21.3. The Morgan fingerprint density at radius 1 is 0.843 bits per heavy atom. The summed E-state index contributed by atoms with van der Waals surface area (Å²) in [5.74, 6) is -5.07. The third kappa shape index (κ3) is 13.9. The highest BCUT2D eigenvalue weighted by molar-refractivity contribution is 8.03. The number of carboxylic acids is 2. The van der Waals surface area contributed by atoms with E-state index in [0.29, 0.717) is 83.9 Å². The van der Waals surface area contributed by atoms with Crippen LogP contribution in [0, 0.1) is 17.3 Å². The van der Waals surface area contributed by atoms with Gasteiger partial charge in [-0.15, -0.1) is 11.8 Å². The molecule has 0 unspecified atom stereocenters. The second kappa shape index (κ2) is 26.7. The van der Waals surface area contributed by atoms with E-state index < -0.39 is 83.1 Å². The number of carboxylic acid groups (broad SMARTS) is 2. The molecule has 0 aromatic heterocycles. The van der Waals surface area contributed by atoms with Crippen molar-refractivity contribution in [3.8, 4) is 17.2 Å². The van der Waals surface area contributed by atoms with Crippen molar-refractivity contribution in [3.63, 3.8) is 0 Å². The summed E-state index contributed by atoms with van der Waals surface area (Å²) in [6, 6.07) is 23.3. The number of aryl methyl sites for hydroxylation is 1. The standard InChI is InChI=1S/C62H73N5O15S/c1-8-62(4,5)54(69)58(73)66-26-10-9-20-45(66)61(78)82-47(23-21-37-22-24-48(79-6)49(29-37)80-7)39-15-13-19-43(31-39)81-27-25-63-55(70)40-16-11-14-38(28-40)33-65-34-44(32-46(65)56(71)64-42-18-12-17-41(30-42)59(74)75)83-53-35(2)51-50(36(3)68)57(72)67(51)52(53)60(76)77/h11-19,22,24,28-31,35-36,44-47,50-51,68H,8-10,20-21,23,25-27,32-34H2,1-7H3,(H,63,70)(H,64,71)(H,74,75)(H,76,77)/t35-,36-,44+,45+,46+,47-,50-,51-/m1/s1. The van der Waals surface area contributed by atoms with Crippen LogP contribution in [0.1, 0.15) is 117 Å². The monoisotopic (exact) mass is 1160 g/mol. The highest BCUT2D eigenvalue weighted by atomic mass is 32.2. The van der Waals surface area contributed by atoms with E-state index in [9.17, 15) is 53.7 Å². The molecular formula is C62H73N5O15S. The largest absolute Gasteiger partial charge is 0.493 e. The van der Waals surface area contributed by atoms with Crippen LogP contribution < -0.4 is 24.8 Å². The van der Waals surface area contributed by atoms with E-state index in [2.05, 4.69) is 10.6 Å². The van der Waals surface area contributed by atoms with Crippen LogP contribution in [-0.2, 0) is 46.5 Å². The predicted molar refractivity (Wildman–Crippen MR) is 308 cm³/mol. The number of esters is 1. The van der Waals surface area contributed by atoms with E-state index >= 15 is 0 Å². The molecule has 4 aliphatic heterocycles. The van der Waals surface area contributed by atoms with Gasteiger partial charge in [0.1, 0.15) is 30.2 Å². The summed E-state index contributed by atoms with van der Waals surface area (Å²) in [6.07, 6.45) is 1.47. The lowest BCUT2D eigenvalue weighted by molar-refractivity contribution is -0.164. The number of piperidine rings is 1. The number of nitrogens with one attached hydrogen (secondary N) is 2. The maximum absolute atomic E-state index is 14.2. The average molecular weight is 1160 g/mol. The fraction of sp³-hybridized carbons (Fsp3) is 0.452. The number of aliphatic carboxylic acids is 1. The van der Waals surface area contributed by atoms with Crippen molar-refractivity contribution in [3.05, 3.63) is 129 Å². The molecule has 0 saturated carbocycles. The number of carbonyl (C=O) groups is 8. The van der Waals surface area contributed by atoms with Crippen LogP contribution >= 0.6 is 11.8 Å². The Bertz CT molecular complexity index is 3160. The molecule has 0 bridgehead atoms. The first-order valence-corrected chi connectivity index (χ1v) is 28.9. The number of nitrogens with zero attached hydrogens (tertiary/aromatic N) is 3. The van der Waals surface area contributed by atoms with Crippen LogP contribution in [0.2, 0.25) is 0 Å². The molecule has 4 aromatic carbocycles. The van der Waals surface area contributed by atoms with Gasteiger partial charge in [-0.1, -0.05) is 64.1 Å². The number of β-lactam (4-membered cyclic amide) rings is 1. The number of ether oxygens (including phenoxy) is 4. The summed E-state index contributed by atoms with van der Waals surface area (Å²) < 4.78 is 23.4. The Morgan fingerprint density at radius 3 is 2.29 bits per heavy atom. The van der Waals surface area contributed by atoms with Crippen molar-refractivity contribution in [2.75, 3.05) is 45.8 Å². The number of carbonyl (C=O) groups excluding carboxylic acids is 6. The Balaban J connectivity index is 0.935. The minimum atomic E-state index is -1.26. The van der Waals surface area contributed by atoms with Crippen molar-refractivity contribution in [1.82, 2.24) is 20.0 Å². The molecule has 3 saturated heterocycles. The number of aliphatic hydroxyl groups excluding tert-OH is 1. The van der Waals surface area contributed by atoms with Crippen LogP contribution in [-0.4, -0.2) is 147 Å². The van der Waals surface area contributed by atoms with Gasteiger partial charge in [0.2, 0.25) is 17.6 Å². The topological polar surface area (TPSA) is 268 Å². The molecule has 20 nitrogen and oxygen atoms in total. The van der Waals surface area contributed by atoms with Gasteiger partial charge in [0.05, 0.1) is 50.4 Å². The van der Waals surface area contributed by atoms with Gasteiger partial charge in [0.25, 0.3) is 11.8 Å². The third-order valence-electron chi connectivity index (χ3n) is 16.2. The fourth-order valence-corrected chi connectivity index (χ4v) is 12.9. The molecule has 442 valence electrons. The fourth-order valence-electron chi connectivity index (χ4n) is 11.3. The first-order chi connectivity index (χ1) is 39.6. The number of hydrogen-bond acceptors (Lipinski definition) is 15. The summed E-state index contributed by atoms with van der Waals surface area (Å²) in [7, 11) is 3.10. The summed E-state index contributed by atoms with van der Waals surface area (Å²) in [5.41, 5.74) is 1.84. The number of aliphatic hydroxyl groups is 1. The van der Waals surface area contributed by atoms with E-state index in [1.807, 2.05) is 43.0 Å². The van der Waals surface area contributed by atoms with Gasteiger partial charge in [-0.25, -0.2) is 14.4 Å². The van der Waals surface area contributed by atoms with Crippen LogP contribution in [0.5, 0.6) is 17.2 Å². The number of fused-ring (bicyclic) bond motifs is 1. The maximum Gasteiger partial charge on any atom is 0.353 e. The number of methoxy groups -OCH3 is 2. The Morgan fingerprint density at radius 2 is 1.58 bits per heavy atom. The zero-order valence-electron chi connectivity index (χ0n) is 47.8. The van der Waals surface area contributed by atoms with Gasteiger partial charge >= 0.3 is 17.9 Å². The first-order valence-electron chi connectivity index (χ1n) is 28.0. The van der Waals surface area contributed by atoms with E-state index in [4.69, 9.17) is 18.9 Å². The molecule has 4 heterocycles. The lowest BCUT2D eigenvalue weighted by Crippen LogP contribution is -2.63. The number of benzene rings is 4. The number of rotatable bonds is 25. The van der Waals surface area contributed by atoms with Gasteiger partial charge < -0.3 is 54.7 Å². The number of likely N-dealkylation sites (tertiary alicyclic amines) is 2. The SMILES string of the molecule is CCC(C)(C)C(=O)C(=O)N1CCCC[C@H]1C(=O)O[C@H](CCc1ccc(OC)c(OC)c1)c1cccc(OCCNC(=O)c2cccc(CN3C[C@@H](SC4=C(C(=O)O)N5C(=O)[C@H]([C@@H](C)O)[C@H]5[C@H]4C)C[C@H]3C(=O)Nc3cccc(C(=O)O)c3)c2)c1. The van der Waals surface area contributed by atoms with Crippen LogP contribution in [0.3, 0.4) is 0 Å². The number of ketones is 1. The molecule has 8 rings (SSSR count). The lowest BCUT2D eigenvalue weighted by atomic mass is 9.79. The van der Waals surface area contributed by atoms with Gasteiger partial charge in [-0.3, -0.25) is 28.9 Å². The zero-order valence-corrected chi connectivity index (χ0v) is 48.6. The minimum absolute atomic E-state index is 0.0116. The van der Waals surface area contributed by atoms with E-state index in [1.54, 1.807) is 76.6 Å². The lowest BCUT2D eigenvalue weighted by Gasteiger charge is -2.46. The number of thioether (sulfide) groups is 1. The van der Waals surface area contributed by atoms with Crippen molar-refractivity contribution in [2.24, 2.45) is 17.3 Å². The highest BCUT2D eigenvalue weighted by Crippen LogP contribution is 2.52. The van der Waals surface area contributed by atoms with Crippen molar-refractivity contribution in [1.29, 1.82) is 0 Å². The number of amides is 4. The molecule has 4 amide bonds. The molecule has 0 spiro atoms.